The zero-order valence-electron chi connectivity index (χ0n) is 11.6. The topological polar surface area (TPSA) is 51.5 Å². The van der Waals surface area contributed by atoms with Gasteiger partial charge in [-0.3, -0.25) is 0 Å². The molecule has 0 unspecified atom stereocenters. The summed E-state index contributed by atoms with van der Waals surface area (Å²) in [6.45, 7) is 5.27. The molecule has 1 aromatic carbocycles. The number of aryl methyl sites for hydroxylation is 1. The van der Waals surface area contributed by atoms with Crippen LogP contribution >= 0.6 is 0 Å². The molecule has 0 spiro atoms. The molecule has 4 nitrogen and oxygen atoms in total. The Labute approximate surface area is 112 Å². The summed E-state index contributed by atoms with van der Waals surface area (Å²) in [4.78, 5) is 11.6. The summed E-state index contributed by atoms with van der Waals surface area (Å²) in [6.07, 6.45) is 0.936. The molecule has 0 atom stereocenters. The second-order valence-corrected chi connectivity index (χ2v) is 4.60. The van der Waals surface area contributed by atoms with Crippen LogP contribution in [0.15, 0.2) is 27.4 Å². The standard InChI is InChI=1S/C15H19NO3/c1-10-11(2)15(17)19-14-9-12(5-6-13(10)14)18-8-4-7-16-3/h5-6,9,16H,4,7-8H2,1-3H3. The van der Waals surface area contributed by atoms with Gasteiger partial charge in [0.2, 0.25) is 0 Å². The third-order valence-electron chi connectivity index (χ3n) is 3.27. The highest BCUT2D eigenvalue weighted by atomic mass is 16.5. The van der Waals surface area contributed by atoms with Crippen LogP contribution in [0.1, 0.15) is 17.5 Å². The first-order valence-corrected chi connectivity index (χ1v) is 6.45. The smallest absolute Gasteiger partial charge is 0.339 e. The van der Waals surface area contributed by atoms with Crippen LogP contribution in [0.3, 0.4) is 0 Å². The number of fused-ring (bicyclic) bond motifs is 1. The van der Waals surface area contributed by atoms with Crippen LogP contribution < -0.4 is 15.7 Å². The quantitative estimate of drug-likeness (QED) is 0.663. The van der Waals surface area contributed by atoms with Crippen LogP contribution in [0.25, 0.3) is 11.0 Å². The molecule has 0 bridgehead atoms. The lowest BCUT2D eigenvalue weighted by molar-refractivity contribution is 0.309. The number of hydrogen-bond donors (Lipinski definition) is 1. The van der Waals surface area contributed by atoms with E-state index in [1.54, 1.807) is 13.0 Å². The van der Waals surface area contributed by atoms with Gasteiger partial charge in [0.25, 0.3) is 0 Å². The molecule has 102 valence electrons. The van der Waals surface area contributed by atoms with Crippen LogP contribution in [-0.2, 0) is 0 Å². The maximum Gasteiger partial charge on any atom is 0.339 e. The van der Waals surface area contributed by atoms with E-state index < -0.39 is 0 Å². The van der Waals surface area contributed by atoms with Crippen LogP contribution in [0.4, 0.5) is 0 Å². The molecule has 0 radical (unpaired) electrons. The largest absolute Gasteiger partial charge is 0.493 e. The van der Waals surface area contributed by atoms with Gasteiger partial charge in [0, 0.05) is 17.0 Å². The van der Waals surface area contributed by atoms with Crippen molar-refractivity contribution in [2.24, 2.45) is 0 Å². The lowest BCUT2D eigenvalue weighted by atomic mass is 10.1. The highest BCUT2D eigenvalue weighted by Crippen LogP contribution is 2.23. The van der Waals surface area contributed by atoms with Crippen LogP contribution in [0, 0.1) is 13.8 Å². The molecule has 0 amide bonds. The molecular weight excluding hydrogens is 242 g/mol. The van der Waals surface area contributed by atoms with E-state index in [9.17, 15) is 4.79 Å². The summed E-state index contributed by atoms with van der Waals surface area (Å²) in [7, 11) is 1.91. The molecule has 0 aliphatic carbocycles. The average molecular weight is 261 g/mol. The van der Waals surface area contributed by atoms with Gasteiger partial charge in [-0.15, -0.1) is 0 Å². The summed E-state index contributed by atoms with van der Waals surface area (Å²) in [5.74, 6) is 0.731. The van der Waals surface area contributed by atoms with Gasteiger partial charge in [0.1, 0.15) is 11.3 Å². The molecule has 0 aliphatic rings. The van der Waals surface area contributed by atoms with Crippen LogP contribution in [0.2, 0.25) is 0 Å². The normalized spacial score (nSPS) is 10.9. The summed E-state index contributed by atoms with van der Waals surface area (Å²) in [5.41, 5.74) is 1.93. The molecule has 1 heterocycles. The van der Waals surface area contributed by atoms with Crippen molar-refractivity contribution >= 4 is 11.0 Å². The minimum absolute atomic E-state index is 0.280. The van der Waals surface area contributed by atoms with Crippen molar-refractivity contribution in [2.75, 3.05) is 20.2 Å². The van der Waals surface area contributed by atoms with Crippen molar-refractivity contribution in [3.05, 3.63) is 39.7 Å². The SMILES string of the molecule is CNCCCOc1ccc2c(C)c(C)c(=O)oc2c1. The summed E-state index contributed by atoms with van der Waals surface area (Å²) in [5, 5.41) is 4.02. The van der Waals surface area contributed by atoms with E-state index in [1.807, 2.05) is 26.1 Å². The molecule has 0 saturated heterocycles. The Morgan fingerprint density at radius 2 is 2.05 bits per heavy atom. The first-order chi connectivity index (χ1) is 9.13. The van der Waals surface area contributed by atoms with Crippen molar-refractivity contribution in [3.8, 4) is 5.75 Å². The lowest BCUT2D eigenvalue weighted by Crippen LogP contribution is -2.11. The van der Waals surface area contributed by atoms with Gasteiger partial charge in [-0.2, -0.15) is 0 Å². The second-order valence-electron chi connectivity index (χ2n) is 4.60. The zero-order chi connectivity index (χ0) is 13.8. The van der Waals surface area contributed by atoms with Crippen molar-refractivity contribution in [1.29, 1.82) is 0 Å². The zero-order valence-corrected chi connectivity index (χ0v) is 11.6. The van der Waals surface area contributed by atoms with E-state index in [4.69, 9.17) is 9.15 Å². The molecule has 0 aliphatic heterocycles. The molecule has 4 heteroatoms. The first kappa shape index (κ1) is 13.6. The van der Waals surface area contributed by atoms with E-state index in [0.717, 1.165) is 29.7 Å². The van der Waals surface area contributed by atoms with Crippen molar-refractivity contribution < 1.29 is 9.15 Å². The number of ether oxygens (including phenoxy) is 1. The fraction of sp³-hybridized carbons (Fsp3) is 0.400. The van der Waals surface area contributed by atoms with E-state index in [2.05, 4.69) is 5.32 Å². The molecule has 2 rings (SSSR count). The Balaban J connectivity index is 2.26. The summed E-state index contributed by atoms with van der Waals surface area (Å²) >= 11 is 0. The molecule has 19 heavy (non-hydrogen) atoms. The van der Waals surface area contributed by atoms with Gasteiger partial charge < -0.3 is 14.5 Å². The van der Waals surface area contributed by atoms with Crippen LogP contribution in [-0.4, -0.2) is 20.2 Å². The predicted octanol–water partition coefficient (Wildman–Crippen LogP) is 2.40. The second kappa shape index (κ2) is 5.89. The summed E-state index contributed by atoms with van der Waals surface area (Å²) < 4.78 is 10.9. The monoisotopic (exact) mass is 261 g/mol. The van der Waals surface area contributed by atoms with Crippen molar-refractivity contribution in [3.63, 3.8) is 0 Å². The highest BCUT2D eigenvalue weighted by molar-refractivity contribution is 5.82. The third-order valence-corrected chi connectivity index (χ3v) is 3.27. The fourth-order valence-electron chi connectivity index (χ4n) is 1.96. The van der Waals surface area contributed by atoms with Gasteiger partial charge in [-0.1, -0.05) is 0 Å². The Hall–Kier alpha value is -1.81. The maximum absolute atomic E-state index is 11.6. The van der Waals surface area contributed by atoms with Gasteiger partial charge in [0.15, 0.2) is 0 Å². The molecule has 0 fully saturated rings. The average Bonchev–Trinajstić information content (AvgIpc) is 2.41. The van der Waals surface area contributed by atoms with Gasteiger partial charge in [0.05, 0.1) is 6.61 Å². The molecule has 2 aromatic rings. The maximum atomic E-state index is 11.6. The minimum Gasteiger partial charge on any atom is -0.493 e. The third kappa shape index (κ3) is 2.96. The van der Waals surface area contributed by atoms with E-state index in [1.165, 1.54) is 0 Å². The van der Waals surface area contributed by atoms with E-state index in [-0.39, 0.29) is 5.63 Å². The first-order valence-electron chi connectivity index (χ1n) is 6.45. The molecule has 0 saturated carbocycles. The van der Waals surface area contributed by atoms with Crippen molar-refractivity contribution in [1.82, 2.24) is 5.32 Å². The summed E-state index contributed by atoms with van der Waals surface area (Å²) in [6, 6.07) is 5.63. The Morgan fingerprint density at radius 1 is 1.26 bits per heavy atom. The minimum atomic E-state index is -0.280. The van der Waals surface area contributed by atoms with Crippen molar-refractivity contribution in [2.45, 2.75) is 20.3 Å². The Bertz CT molecular complexity index is 631. The number of rotatable bonds is 5. The lowest BCUT2D eigenvalue weighted by Gasteiger charge is -2.08. The Kier molecular flexibility index (Phi) is 4.22. The van der Waals surface area contributed by atoms with Gasteiger partial charge in [-0.05, 0) is 51.6 Å². The highest BCUT2D eigenvalue weighted by Gasteiger charge is 2.08. The Morgan fingerprint density at radius 3 is 2.79 bits per heavy atom. The fourth-order valence-corrected chi connectivity index (χ4v) is 1.96. The van der Waals surface area contributed by atoms with Gasteiger partial charge in [-0.25, -0.2) is 4.79 Å². The van der Waals surface area contributed by atoms with Gasteiger partial charge >= 0.3 is 5.63 Å². The van der Waals surface area contributed by atoms with Crippen LogP contribution in [0.5, 0.6) is 5.75 Å². The number of hydrogen-bond acceptors (Lipinski definition) is 4. The number of benzene rings is 1. The number of nitrogens with one attached hydrogen (secondary N) is 1. The molecular formula is C15H19NO3. The predicted molar refractivity (Wildman–Crippen MR) is 76.0 cm³/mol. The van der Waals surface area contributed by atoms with E-state index in [0.29, 0.717) is 17.8 Å². The molecule has 1 N–H and O–H groups in total. The van der Waals surface area contributed by atoms with E-state index >= 15 is 0 Å². The molecule has 1 aromatic heterocycles.